The van der Waals surface area contributed by atoms with Gasteiger partial charge in [-0.05, 0) is 32.1 Å². The predicted octanol–water partition coefficient (Wildman–Crippen LogP) is 8.71. The highest BCUT2D eigenvalue weighted by Crippen LogP contribution is 2.25. The molecule has 0 atom stereocenters. The molecule has 0 saturated heterocycles. The molecule has 3 aromatic rings. The van der Waals surface area contributed by atoms with Crippen LogP contribution < -0.4 is 0 Å². The van der Waals surface area contributed by atoms with E-state index in [2.05, 4.69) is 110 Å². The van der Waals surface area contributed by atoms with Crippen molar-refractivity contribution < 1.29 is 4.48 Å². The Morgan fingerprint density at radius 1 is 0.515 bits per heavy atom. The van der Waals surface area contributed by atoms with Crippen molar-refractivity contribution in [1.82, 2.24) is 0 Å². The summed E-state index contributed by atoms with van der Waals surface area (Å²) in [4.78, 5) is 0. The molecule has 0 radical (unpaired) electrons. The lowest BCUT2D eigenvalue weighted by Crippen LogP contribution is -2.46. The second kappa shape index (κ2) is 14.5. The molecule has 33 heavy (non-hydrogen) atoms. The van der Waals surface area contributed by atoms with Gasteiger partial charge in [-0.2, -0.15) is 0 Å². The van der Waals surface area contributed by atoms with Crippen LogP contribution in [0.1, 0.15) is 68.6 Å². The van der Waals surface area contributed by atoms with Crippen LogP contribution >= 0.6 is 0 Å². The van der Waals surface area contributed by atoms with Gasteiger partial charge in [-0.15, -0.1) is 0 Å². The molecule has 174 valence electrons. The summed E-state index contributed by atoms with van der Waals surface area (Å²) in [5.41, 5.74) is 4.30. The number of hydrogen-bond donors (Lipinski definition) is 0. The van der Waals surface area contributed by atoms with Gasteiger partial charge in [-0.3, -0.25) is 0 Å². The molecule has 0 N–H and O–H groups in total. The Hall–Kier alpha value is -2.64. The summed E-state index contributed by atoms with van der Waals surface area (Å²) in [6, 6.07) is 33.2. The van der Waals surface area contributed by atoms with Gasteiger partial charge in [0.25, 0.3) is 0 Å². The maximum absolute atomic E-state index is 2.40. The molecule has 0 fully saturated rings. The molecule has 0 aliphatic carbocycles. The van der Waals surface area contributed by atoms with Crippen LogP contribution in [0.2, 0.25) is 0 Å². The van der Waals surface area contributed by atoms with Crippen molar-refractivity contribution in [2.75, 3.05) is 6.54 Å². The minimum absolute atomic E-state index is 1.07. The smallest absolute Gasteiger partial charge is 0.105 e. The quantitative estimate of drug-likeness (QED) is 0.126. The van der Waals surface area contributed by atoms with Crippen LogP contribution in [-0.2, 0) is 19.6 Å². The zero-order valence-electron chi connectivity index (χ0n) is 20.5. The summed E-state index contributed by atoms with van der Waals surface area (Å²) < 4.78 is 1.07. The number of nitrogens with zero attached hydrogens (tertiary/aromatic N) is 1. The minimum atomic E-state index is 1.07. The van der Waals surface area contributed by atoms with Crippen molar-refractivity contribution in [3.05, 3.63) is 120 Å². The van der Waals surface area contributed by atoms with Crippen molar-refractivity contribution in [2.24, 2.45) is 0 Å². The number of allylic oxidation sites excluding steroid dienone is 2. The molecule has 0 aliphatic heterocycles. The fraction of sp³-hybridized carbons (Fsp3) is 0.375. The summed E-state index contributed by atoms with van der Waals surface area (Å²) in [5.74, 6) is 0. The molecule has 0 heterocycles. The Balaban J connectivity index is 1.72. The monoisotopic (exact) mass is 440 g/mol. The number of quaternary nitrogens is 1. The number of unbranched alkanes of at least 4 members (excludes halogenated alkanes) is 5. The molecule has 0 bridgehead atoms. The zero-order valence-corrected chi connectivity index (χ0v) is 20.5. The Labute approximate surface area is 202 Å². The molecule has 0 unspecified atom stereocenters. The molecule has 0 amide bonds. The van der Waals surface area contributed by atoms with E-state index in [1.54, 1.807) is 0 Å². The van der Waals surface area contributed by atoms with E-state index in [1.165, 1.54) is 68.2 Å². The second-order valence-corrected chi connectivity index (χ2v) is 9.46. The zero-order chi connectivity index (χ0) is 23.0. The minimum Gasteiger partial charge on any atom is -0.312 e. The van der Waals surface area contributed by atoms with E-state index in [0.29, 0.717) is 0 Å². The van der Waals surface area contributed by atoms with Crippen molar-refractivity contribution >= 4 is 0 Å². The van der Waals surface area contributed by atoms with Crippen LogP contribution in [0, 0.1) is 0 Å². The van der Waals surface area contributed by atoms with E-state index in [4.69, 9.17) is 0 Å². The fourth-order valence-electron chi connectivity index (χ4n) is 4.76. The van der Waals surface area contributed by atoms with E-state index in [9.17, 15) is 0 Å². The number of hydrogen-bond acceptors (Lipinski definition) is 0. The van der Waals surface area contributed by atoms with Crippen molar-refractivity contribution in [2.45, 2.75) is 71.5 Å². The van der Waals surface area contributed by atoms with E-state index in [0.717, 1.165) is 24.1 Å². The van der Waals surface area contributed by atoms with Crippen molar-refractivity contribution in [1.29, 1.82) is 0 Å². The van der Waals surface area contributed by atoms with Gasteiger partial charge in [-0.25, -0.2) is 0 Å². The summed E-state index contributed by atoms with van der Waals surface area (Å²) >= 11 is 0. The highest BCUT2D eigenvalue weighted by atomic mass is 15.3. The molecular weight excluding hydrogens is 398 g/mol. The topological polar surface area (TPSA) is 0 Å². The Kier molecular flexibility index (Phi) is 11.0. The van der Waals surface area contributed by atoms with Gasteiger partial charge in [-0.1, -0.05) is 123 Å². The molecule has 0 aromatic heterocycles. The average molecular weight is 441 g/mol. The summed E-state index contributed by atoms with van der Waals surface area (Å²) in [6.07, 6.45) is 13.7. The first-order valence-electron chi connectivity index (χ1n) is 12.9. The third-order valence-corrected chi connectivity index (χ3v) is 6.48. The molecular formula is C32H42N+. The van der Waals surface area contributed by atoms with Crippen LogP contribution in [0.15, 0.2) is 103 Å². The third-order valence-electron chi connectivity index (χ3n) is 6.48. The number of benzene rings is 3. The van der Waals surface area contributed by atoms with Gasteiger partial charge in [0, 0.05) is 16.7 Å². The maximum atomic E-state index is 2.40. The van der Waals surface area contributed by atoms with Crippen LogP contribution in [0.4, 0.5) is 0 Å². The van der Waals surface area contributed by atoms with Crippen molar-refractivity contribution in [3.63, 3.8) is 0 Å². The molecule has 0 spiro atoms. The molecule has 0 aliphatic rings. The standard InChI is InChI=1S/C32H42N/c1-2-3-4-5-6-7-8-9-19-26-33(27-30-20-13-10-14-21-30,28-31-22-15-11-16-23-31)29-32-24-17-12-18-25-32/h5-6,10-18,20-25H,2-4,7-9,19,26-29H2,1H3/q+1/b6-5+. The lowest BCUT2D eigenvalue weighted by molar-refractivity contribution is -0.966. The normalized spacial score (nSPS) is 11.8. The van der Waals surface area contributed by atoms with Gasteiger partial charge >= 0.3 is 0 Å². The lowest BCUT2D eigenvalue weighted by atomic mass is 10.0. The van der Waals surface area contributed by atoms with E-state index < -0.39 is 0 Å². The molecule has 1 heteroatoms. The largest absolute Gasteiger partial charge is 0.312 e. The first-order chi connectivity index (χ1) is 16.3. The maximum Gasteiger partial charge on any atom is 0.105 e. The summed E-state index contributed by atoms with van der Waals surface area (Å²) in [6.45, 7) is 6.68. The third kappa shape index (κ3) is 9.40. The fourth-order valence-corrected chi connectivity index (χ4v) is 4.76. The van der Waals surface area contributed by atoms with Crippen LogP contribution in [0.3, 0.4) is 0 Å². The van der Waals surface area contributed by atoms with Gasteiger partial charge < -0.3 is 4.48 Å². The lowest BCUT2D eigenvalue weighted by Gasteiger charge is -2.39. The molecule has 0 saturated carbocycles. The Bertz CT molecular complexity index is 798. The molecule has 1 nitrogen and oxygen atoms in total. The summed E-state index contributed by atoms with van der Waals surface area (Å²) in [7, 11) is 0. The molecule has 3 aromatic carbocycles. The van der Waals surface area contributed by atoms with Gasteiger partial charge in [0.15, 0.2) is 0 Å². The van der Waals surface area contributed by atoms with Gasteiger partial charge in [0.05, 0.1) is 6.54 Å². The Morgan fingerprint density at radius 2 is 0.939 bits per heavy atom. The number of rotatable bonds is 15. The second-order valence-electron chi connectivity index (χ2n) is 9.46. The predicted molar refractivity (Wildman–Crippen MR) is 143 cm³/mol. The average Bonchev–Trinajstić information content (AvgIpc) is 2.85. The van der Waals surface area contributed by atoms with Gasteiger partial charge in [0.1, 0.15) is 19.6 Å². The van der Waals surface area contributed by atoms with Crippen LogP contribution in [0.5, 0.6) is 0 Å². The Morgan fingerprint density at radius 3 is 1.36 bits per heavy atom. The van der Waals surface area contributed by atoms with Gasteiger partial charge in [0.2, 0.25) is 0 Å². The van der Waals surface area contributed by atoms with E-state index in [-0.39, 0.29) is 0 Å². The van der Waals surface area contributed by atoms with E-state index >= 15 is 0 Å². The van der Waals surface area contributed by atoms with Crippen LogP contribution in [-0.4, -0.2) is 11.0 Å². The van der Waals surface area contributed by atoms with Crippen LogP contribution in [0.25, 0.3) is 0 Å². The highest BCUT2D eigenvalue weighted by Gasteiger charge is 2.28. The highest BCUT2D eigenvalue weighted by molar-refractivity contribution is 5.17. The SMILES string of the molecule is CCCC/C=C/CCCCC[N+](Cc1ccccc1)(Cc1ccccc1)Cc1ccccc1. The summed E-state index contributed by atoms with van der Waals surface area (Å²) in [5, 5.41) is 0. The molecule has 3 rings (SSSR count). The van der Waals surface area contributed by atoms with Crippen molar-refractivity contribution in [3.8, 4) is 0 Å². The first kappa shape index (κ1) is 25.0. The van der Waals surface area contributed by atoms with E-state index in [1.807, 2.05) is 0 Å². The first-order valence-corrected chi connectivity index (χ1v) is 12.9.